The molecule has 1 aliphatic carbocycles. The molecule has 30 heavy (non-hydrogen) atoms. The van der Waals surface area contributed by atoms with Crippen LogP contribution >= 0.6 is 11.8 Å². The number of nitrogens with zero attached hydrogens (tertiary/aromatic N) is 6. The van der Waals surface area contributed by atoms with Crippen molar-refractivity contribution < 1.29 is 9.15 Å². The van der Waals surface area contributed by atoms with Gasteiger partial charge in [0.25, 0.3) is 0 Å². The maximum atomic E-state index is 5.93. The van der Waals surface area contributed by atoms with Crippen molar-refractivity contribution >= 4 is 11.8 Å². The average Bonchev–Trinajstić information content (AvgIpc) is 3.34. The fourth-order valence-corrected chi connectivity index (χ4v) is 4.12. The van der Waals surface area contributed by atoms with Crippen LogP contribution in [-0.2, 0) is 0 Å². The van der Waals surface area contributed by atoms with E-state index in [4.69, 9.17) is 9.15 Å². The zero-order valence-corrected chi connectivity index (χ0v) is 17.4. The van der Waals surface area contributed by atoms with Gasteiger partial charge in [0, 0.05) is 29.6 Å². The molecule has 1 saturated carbocycles. The van der Waals surface area contributed by atoms with Crippen LogP contribution < -0.4 is 4.74 Å². The molecule has 152 valence electrons. The van der Waals surface area contributed by atoms with Gasteiger partial charge in [-0.3, -0.25) is 9.55 Å². The lowest BCUT2D eigenvalue weighted by Gasteiger charge is -2.10. The number of ether oxygens (including phenoxy) is 1. The summed E-state index contributed by atoms with van der Waals surface area (Å²) in [5.74, 6) is 2.68. The SMILES string of the molecule is COc1ccc(-c2nnc(C(C)Sc3nnc(-c4cccnc4)n3C3CC3)o2)cc1. The Morgan fingerprint density at radius 3 is 2.60 bits per heavy atom. The molecule has 1 aromatic carbocycles. The van der Waals surface area contributed by atoms with Crippen molar-refractivity contribution in [1.82, 2.24) is 29.9 Å². The summed E-state index contributed by atoms with van der Waals surface area (Å²) in [5, 5.41) is 18.1. The standard InChI is InChI=1S/C21H20N6O2S/c1-13(19-24-25-20(29-19)14-5-9-17(28-2)10-6-14)30-21-26-23-18(27(21)16-7-8-16)15-4-3-11-22-12-15/h3-6,9-13,16H,7-8H2,1-2H3. The lowest BCUT2D eigenvalue weighted by Crippen LogP contribution is -2.01. The molecule has 0 saturated heterocycles. The molecular formula is C21H20N6O2S. The number of benzene rings is 1. The first-order valence-electron chi connectivity index (χ1n) is 9.72. The number of pyridine rings is 1. The highest BCUT2D eigenvalue weighted by atomic mass is 32.2. The summed E-state index contributed by atoms with van der Waals surface area (Å²) in [6, 6.07) is 11.9. The van der Waals surface area contributed by atoms with Gasteiger partial charge in [-0.15, -0.1) is 20.4 Å². The van der Waals surface area contributed by atoms with Crippen molar-refractivity contribution in [2.75, 3.05) is 7.11 Å². The van der Waals surface area contributed by atoms with E-state index in [1.54, 1.807) is 25.1 Å². The minimum Gasteiger partial charge on any atom is -0.497 e. The fourth-order valence-electron chi connectivity index (χ4n) is 3.17. The van der Waals surface area contributed by atoms with Crippen molar-refractivity contribution in [2.45, 2.75) is 36.2 Å². The summed E-state index contributed by atoms with van der Waals surface area (Å²) in [4.78, 5) is 4.21. The Bertz CT molecular complexity index is 1140. The molecule has 0 bridgehead atoms. The normalized spacial score (nSPS) is 14.6. The third-order valence-corrected chi connectivity index (χ3v) is 5.95. The van der Waals surface area contributed by atoms with E-state index in [0.717, 1.165) is 40.7 Å². The van der Waals surface area contributed by atoms with Gasteiger partial charge in [0.2, 0.25) is 11.8 Å². The van der Waals surface area contributed by atoms with Crippen LogP contribution in [-0.4, -0.2) is 37.1 Å². The molecule has 0 N–H and O–H groups in total. The molecule has 1 atom stereocenters. The number of methoxy groups -OCH3 is 1. The Hall–Kier alpha value is -3.20. The van der Waals surface area contributed by atoms with E-state index in [0.29, 0.717) is 17.8 Å². The van der Waals surface area contributed by atoms with E-state index in [-0.39, 0.29) is 5.25 Å². The quantitative estimate of drug-likeness (QED) is 0.401. The van der Waals surface area contributed by atoms with Crippen LogP contribution in [0.2, 0.25) is 0 Å². The van der Waals surface area contributed by atoms with Gasteiger partial charge in [-0.2, -0.15) is 0 Å². The highest BCUT2D eigenvalue weighted by Gasteiger charge is 2.31. The third kappa shape index (κ3) is 3.68. The molecule has 0 aliphatic heterocycles. The van der Waals surface area contributed by atoms with Gasteiger partial charge < -0.3 is 9.15 Å². The summed E-state index contributed by atoms with van der Waals surface area (Å²) in [6.07, 6.45) is 5.85. The van der Waals surface area contributed by atoms with Crippen LogP contribution in [0.15, 0.2) is 58.4 Å². The third-order valence-electron chi connectivity index (χ3n) is 4.90. The topological polar surface area (TPSA) is 91.8 Å². The van der Waals surface area contributed by atoms with Gasteiger partial charge in [-0.1, -0.05) is 11.8 Å². The monoisotopic (exact) mass is 420 g/mol. The maximum absolute atomic E-state index is 5.93. The van der Waals surface area contributed by atoms with Gasteiger partial charge in [0.1, 0.15) is 5.75 Å². The molecule has 4 aromatic rings. The molecular weight excluding hydrogens is 400 g/mol. The molecule has 3 heterocycles. The van der Waals surface area contributed by atoms with Crippen LogP contribution in [0.4, 0.5) is 0 Å². The predicted octanol–water partition coefficient (Wildman–Crippen LogP) is 4.59. The second-order valence-electron chi connectivity index (χ2n) is 7.08. The first kappa shape index (κ1) is 18.8. The fraction of sp³-hybridized carbons (Fsp3) is 0.286. The molecule has 3 aromatic heterocycles. The Morgan fingerprint density at radius 2 is 1.90 bits per heavy atom. The number of hydrogen-bond donors (Lipinski definition) is 0. The van der Waals surface area contributed by atoms with Crippen molar-refractivity contribution in [1.29, 1.82) is 0 Å². The molecule has 0 amide bonds. The summed E-state index contributed by atoms with van der Waals surface area (Å²) < 4.78 is 13.3. The predicted molar refractivity (Wildman–Crippen MR) is 112 cm³/mol. The zero-order chi connectivity index (χ0) is 20.5. The van der Waals surface area contributed by atoms with E-state index >= 15 is 0 Å². The Labute approximate surface area is 177 Å². The average molecular weight is 420 g/mol. The van der Waals surface area contributed by atoms with Gasteiger partial charge in [-0.05, 0) is 56.2 Å². The highest BCUT2D eigenvalue weighted by Crippen LogP contribution is 2.43. The van der Waals surface area contributed by atoms with Gasteiger partial charge in [0.15, 0.2) is 11.0 Å². The van der Waals surface area contributed by atoms with E-state index in [1.807, 2.05) is 49.5 Å². The molecule has 9 heteroatoms. The van der Waals surface area contributed by atoms with Crippen molar-refractivity contribution in [2.24, 2.45) is 0 Å². The van der Waals surface area contributed by atoms with E-state index < -0.39 is 0 Å². The minimum absolute atomic E-state index is 0.0621. The number of rotatable bonds is 7. The molecule has 8 nitrogen and oxygen atoms in total. The van der Waals surface area contributed by atoms with Gasteiger partial charge >= 0.3 is 0 Å². The first-order chi connectivity index (χ1) is 14.7. The summed E-state index contributed by atoms with van der Waals surface area (Å²) in [5.41, 5.74) is 1.82. The first-order valence-corrected chi connectivity index (χ1v) is 10.6. The van der Waals surface area contributed by atoms with Crippen LogP contribution in [0.3, 0.4) is 0 Å². The van der Waals surface area contributed by atoms with E-state index in [1.165, 1.54) is 0 Å². The summed E-state index contributed by atoms with van der Waals surface area (Å²) in [6.45, 7) is 2.03. The van der Waals surface area contributed by atoms with Gasteiger partial charge in [-0.25, -0.2) is 0 Å². The molecule has 1 unspecified atom stereocenters. The lowest BCUT2D eigenvalue weighted by atomic mass is 10.2. The molecule has 1 aliphatic rings. The van der Waals surface area contributed by atoms with E-state index in [2.05, 4.69) is 29.9 Å². The Balaban J connectivity index is 1.38. The number of hydrogen-bond acceptors (Lipinski definition) is 8. The lowest BCUT2D eigenvalue weighted by molar-refractivity contribution is 0.415. The summed E-state index contributed by atoms with van der Waals surface area (Å²) >= 11 is 1.57. The minimum atomic E-state index is -0.0621. The Kier molecular flexibility index (Phi) is 4.96. The molecule has 5 rings (SSSR count). The van der Waals surface area contributed by atoms with E-state index in [9.17, 15) is 0 Å². The van der Waals surface area contributed by atoms with Crippen molar-refractivity contribution in [3.8, 4) is 28.6 Å². The number of aromatic nitrogens is 6. The van der Waals surface area contributed by atoms with Crippen LogP contribution in [0.1, 0.15) is 36.9 Å². The second kappa shape index (κ2) is 7.91. The van der Waals surface area contributed by atoms with Crippen LogP contribution in [0.25, 0.3) is 22.8 Å². The highest BCUT2D eigenvalue weighted by molar-refractivity contribution is 7.99. The summed E-state index contributed by atoms with van der Waals surface area (Å²) in [7, 11) is 1.64. The smallest absolute Gasteiger partial charge is 0.247 e. The van der Waals surface area contributed by atoms with Crippen molar-refractivity contribution in [3.05, 3.63) is 54.7 Å². The Morgan fingerprint density at radius 1 is 1.07 bits per heavy atom. The number of thioether (sulfide) groups is 1. The van der Waals surface area contributed by atoms with Crippen LogP contribution in [0, 0.1) is 0 Å². The second-order valence-corrected chi connectivity index (χ2v) is 8.39. The molecule has 1 fully saturated rings. The van der Waals surface area contributed by atoms with Crippen LogP contribution in [0.5, 0.6) is 5.75 Å². The zero-order valence-electron chi connectivity index (χ0n) is 16.6. The van der Waals surface area contributed by atoms with Crippen molar-refractivity contribution in [3.63, 3.8) is 0 Å². The maximum Gasteiger partial charge on any atom is 0.247 e. The molecule has 0 spiro atoms. The largest absolute Gasteiger partial charge is 0.497 e. The molecule has 0 radical (unpaired) electrons. The van der Waals surface area contributed by atoms with Gasteiger partial charge in [0.05, 0.1) is 12.4 Å².